The number of nitrogens with one attached hydrogen (secondary N) is 1. The van der Waals surface area contributed by atoms with Crippen molar-refractivity contribution in [1.82, 2.24) is 10.2 Å². The highest BCUT2D eigenvalue weighted by Crippen LogP contribution is 2.21. The zero-order valence-electron chi connectivity index (χ0n) is 16.8. The van der Waals surface area contributed by atoms with Crippen LogP contribution < -0.4 is 10.1 Å². The summed E-state index contributed by atoms with van der Waals surface area (Å²) >= 11 is 1.71. The standard InChI is InChI=1S/C24H28N2O2S/c1-28-23-14-6-5-12-21(23)17-26(18-22-13-8-16-29-22)19-24(27)25-15-7-11-20-9-3-2-4-10-20/h2-6,8-10,12-14,16H,7,11,15,17-19H2,1H3,(H,25,27). The summed E-state index contributed by atoms with van der Waals surface area (Å²) in [6.45, 7) is 2.46. The minimum absolute atomic E-state index is 0.0597. The molecule has 3 rings (SSSR count). The lowest BCUT2D eigenvalue weighted by Gasteiger charge is -2.22. The first-order chi connectivity index (χ1) is 14.2. The molecule has 29 heavy (non-hydrogen) atoms. The summed E-state index contributed by atoms with van der Waals surface area (Å²) in [5.41, 5.74) is 2.39. The minimum Gasteiger partial charge on any atom is -0.496 e. The predicted octanol–water partition coefficient (Wildman–Crippen LogP) is 4.51. The number of thiophene rings is 1. The molecule has 0 aliphatic carbocycles. The van der Waals surface area contributed by atoms with Gasteiger partial charge >= 0.3 is 0 Å². The van der Waals surface area contributed by atoms with Crippen LogP contribution in [0, 0.1) is 0 Å². The Morgan fingerprint density at radius 1 is 1.00 bits per heavy atom. The monoisotopic (exact) mass is 408 g/mol. The van der Waals surface area contributed by atoms with Gasteiger partial charge in [-0.15, -0.1) is 11.3 Å². The van der Waals surface area contributed by atoms with Crippen LogP contribution in [-0.4, -0.2) is 31.0 Å². The first-order valence-corrected chi connectivity index (χ1v) is 10.8. The fourth-order valence-electron chi connectivity index (χ4n) is 3.29. The van der Waals surface area contributed by atoms with Gasteiger partial charge in [0.25, 0.3) is 0 Å². The number of carbonyl (C=O) groups excluding carboxylic acids is 1. The summed E-state index contributed by atoms with van der Waals surface area (Å²) in [6.07, 6.45) is 1.91. The third-order valence-electron chi connectivity index (χ3n) is 4.72. The molecule has 0 fully saturated rings. The van der Waals surface area contributed by atoms with Crippen molar-refractivity contribution in [2.45, 2.75) is 25.9 Å². The van der Waals surface area contributed by atoms with E-state index in [1.54, 1.807) is 18.4 Å². The van der Waals surface area contributed by atoms with E-state index >= 15 is 0 Å². The van der Waals surface area contributed by atoms with Crippen LogP contribution in [0.4, 0.5) is 0 Å². The number of carbonyl (C=O) groups is 1. The van der Waals surface area contributed by atoms with Crippen molar-refractivity contribution < 1.29 is 9.53 Å². The van der Waals surface area contributed by atoms with Crippen molar-refractivity contribution in [3.63, 3.8) is 0 Å². The van der Waals surface area contributed by atoms with Crippen LogP contribution in [0.15, 0.2) is 72.1 Å². The number of ether oxygens (including phenoxy) is 1. The number of aryl methyl sites for hydroxylation is 1. The molecule has 0 aliphatic heterocycles. The van der Waals surface area contributed by atoms with Gasteiger partial charge in [-0.3, -0.25) is 9.69 Å². The second-order valence-corrected chi connectivity index (χ2v) is 8.01. The number of hydrogen-bond donors (Lipinski definition) is 1. The van der Waals surface area contributed by atoms with Gasteiger partial charge in [-0.25, -0.2) is 0 Å². The molecule has 0 saturated heterocycles. The Balaban J connectivity index is 1.53. The van der Waals surface area contributed by atoms with E-state index in [0.717, 1.165) is 30.7 Å². The van der Waals surface area contributed by atoms with Crippen molar-refractivity contribution >= 4 is 17.2 Å². The third-order valence-corrected chi connectivity index (χ3v) is 5.58. The number of hydrogen-bond acceptors (Lipinski definition) is 4. The van der Waals surface area contributed by atoms with Gasteiger partial charge in [0, 0.05) is 30.1 Å². The van der Waals surface area contributed by atoms with E-state index in [1.165, 1.54) is 10.4 Å². The Bertz CT molecular complexity index is 866. The zero-order chi connectivity index (χ0) is 20.3. The fourth-order valence-corrected chi connectivity index (χ4v) is 4.04. The predicted molar refractivity (Wildman–Crippen MR) is 119 cm³/mol. The topological polar surface area (TPSA) is 41.6 Å². The van der Waals surface area contributed by atoms with Crippen molar-refractivity contribution in [2.75, 3.05) is 20.2 Å². The van der Waals surface area contributed by atoms with Gasteiger partial charge in [0.05, 0.1) is 13.7 Å². The highest BCUT2D eigenvalue weighted by molar-refractivity contribution is 7.09. The van der Waals surface area contributed by atoms with E-state index in [9.17, 15) is 4.79 Å². The number of nitrogens with zero attached hydrogens (tertiary/aromatic N) is 1. The molecule has 152 valence electrons. The SMILES string of the molecule is COc1ccccc1CN(CC(=O)NCCCc1ccccc1)Cc1cccs1. The van der Waals surface area contributed by atoms with Gasteiger partial charge in [-0.05, 0) is 35.9 Å². The number of methoxy groups -OCH3 is 1. The summed E-state index contributed by atoms with van der Waals surface area (Å²) in [5.74, 6) is 0.913. The van der Waals surface area contributed by atoms with E-state index in [1.807, 2.05) is 42.5 Å². The lowest BCUT2D eigenvalue weighted by atomic mass is 10.1. The van der Waals surface area contributed by atoms with E-state index in [0.29, 0.717) is 19.6 Å². The average molecular weight is 409 g/mol. The zero-order valence-corrected chi connectivity index (χ0v) is 17.7. The van der Waals surface area contributed by atoms with Gasteiger partial charge < -0.3 is 10.1 Å². The maximum Gasteiger partial charge on any atom is 0.234 e. The lowest BCUT2D eigenvalue weighted by Crippen LogP contribution is -2.37. The van der Waals surface area contributed by atoms with Crippen LogP contribution in [-0.2, 0) is 24.3 Å². The molecule has 1 aromatic heterocycles. The average Bonchev–Trinajstić information content (AvgIpc) is 3.25. The van der Waals surface area contributed by atoms with Crippen LogP contribution in [0.25, 0.3) is 0 Å². The molecule has 2 aromatic carbocycles. The molecule has 0 unspecified atom stereocenters. The molecular weight excluding hydrogens is 380 g/mol. The van der Waals surface area contributed by atoms with Crippen LogP contribution in [0.1, 0.15) is 22.4 Å². The second-order valence-electron chi connectivity index (χ2n) is 6.98. The molecule has 0 atom stereocenters. The van der Waals surface area contributed by atoms with Crippen molar-refractivity contribution in [2.24, 2.45) is 0 Å². The van der Waals surface area contributed by atoms with Crippen LogP contribution in [0.3, 0.4) is 0 Å². The number of rotatable bonds is 11. The highest BCUT2D eigenvalue weighted by atomic mass is 32.1. The quantitative estimate of drug-likeness (QED) is 0.475. The minimum atomic E-state index is 0.0597. The van der Waals surface area contributed by atoms with E-state index in [2.05, 4.69) is 39.9 Å². The first kappa shape index (κ1) is 21.1. The lowest BCUT2D eigenvalue weighted by molar-refractivity contribution is -0.122. The van der Waals surface area contributed by atoms with E-state index < -0.39 is 0 Å². The molecule has 0 radical (unpaired) electrons. The molecule has 0 spiro atoms. The molecule has 0 bridgehead atoms. The summed E-state index contributed by atoms with van der Waals surface area (Å²) in [4.78, 5) is 16.0. The number of benzene rings is 2. The molecule has 1 heterocycles. The van der Waals surface area contributed by atoms with Gasteiger partial charge in [-0.2, -0.15) is 0 Å². The molecule has 5 heteroatoms. The van der Waals surface area contributed by atoms with E-state index in [4.69, 9.17) is 4.74 Å². The van der Waals surface area contributed by atoms with Crippen molar-refractivity contribution in [3.05, 3.63) is 88.1 Å². The smallest absolute Gasteiger partial charge is 0.234 e. The molecule has 1 N–H and O–H groups in total. The highest BCUT2D eigenvalue weighted by Gasteiger charge is 2.14. The molecule has 4 nitrogen and oxygen atoms in total. The Hall–Kier alpha value is -2.63. The van der Waals surface area contributed by atoms with Crippen LogP contribution in [0.5, 0.6) is 5.75 Å². The van der Waals surface area contributed by atoms with Crippen molar-refractivity contribution in [3.8, 4) is 5.75 Å². The molecule has 0 saturated carbocycles. The molecule has 3 aromatic rings. The van der Waals surface area contributed by atoms with Crippen molar-refractivity contribution in [1.29, 1.82) is 0 Å². The van der Waals surface area contributed by atoms with Gasteiger partial charge in [0.1, 0.15) is 5.75 Å². The normalized spacial score (nSPS) is 10.8. The third kappa shape index (κ3) is 7.04. The summed E-state index contributed by atoms with van der Waals surface area (Å²) in [6, 6.07) is 22.5. The van der Waals surface area contributed by atoms with Gasteiger partial charge in [0.2, 0.25) is 5.91 Å². The Labute approximate surface area is 177 Å². The van der Waals surface area contributed by atoms with Gasteiger partial charge in [0.15, 0.2) is 0 Å². The Morgan fingerprint density at radius 2 is 1.79 bits per heavy atom. The van der Waals surface area contributed by atoms with Crippen LogP contribution in [0.2, 0.25) is 0 Å². The fraction of sp³-hybridized carbons (Fsp3) is 0.292. The molecule has 1 amide bonds. The largest absolute Gasteiger partial charge is 0.496 e. The molecule has 0 aliphatic rings. The molecular formula is C24H28N2O2S. The summed E-state index contributed by atoms with van der Waals surface area (Å²) in [5, 5.41) is 5.14. The summed E-state index contributed by atoms with van der Waals surface area (Å²) in [7, 11) is 1.68. The number of amides is 1. The van der Waals surface area contributed by atoms with E-state index in [-0.39, 0.29) is 5.91 Å². The van der Waals surface area contributed by atoms with Crippen LogP contribution >= 0.6 is 11.3 Å². The first-order valence-electron chi connectivity index (χ1n) is 9.92. The number of para-hydroxylation sites is 1. The second kappa shape index (κ2) is 11.4. The Kier molecular flexibility index (Phi) is 8.28. The maximum absolute atomic E-state index is 12.6. The van der Waals surface area contributed by atoms with Gasteiger partial charge in [-0.1, -0.05) is 54.6 Å². The Morgan fingerprint density at radius 3 is 2.55 bits per heavy atom. The maximum atomic E-state index is 12.6. The summed E-state index contributed by atoms with van der Waals surface area (Å²) < 4.78 is 5.48.